The Morgan fingerprint density at radius 3 is 2.59 bits per heavy atom. The van der Waals surface area contributed by atoms with Crippen LogP contribution in [0.2, 0.25) is 0 Å². The first-order valence-electron chi connectivity index (χ1n) is 10.2. The van der Waals surface area contributed by atoms with Crippen LogP contribution < -0.4 is 14.8 Å². The van der Waals surface area contributed by atoms with Gasteiger partial charge in [-0.3, -0.25) is 14.9 Å². The Kier molecular flexibility index (Phi) is 6.46. The lowest BCUT2D eigenvalue weighted by Gasteiger charge is -2.17. The van der Waals surface area contributed by atoms with Gasteiger partial charge in [-0.05, 0) is 42.3 Å². The molecule has 0 fully saturated rings. The predicted octanol–water partition coefficient (Wildman–Crippen LogP) is 4.55. The van der Waals surface area contributed by atoms with Gasteiger partial charge in [0.15, 0.2) is 11.5 Å². The summed E-state index contributed by atoms with van der Waals surface area (Å²) in [4.78, 5) is 16.9. The van der Waals surface area contributed by atoms with Gasteiger partial charge in [0.25, 0.3) is 5.91 Å². The highest BCUT2D eigenvalue weighted by Crippen LogP contribution is 2.31. The summed E-state index contributed by atoms with van der Waals surface area (Å²) in [6, 6.07) is 18.8. The smallest absolute Gasteiger partial charge is 0.255 e. The molecule has 0 saturated heterocycles. The second-order valence-electron chi connectivity index (χ2n) is 7.27. The number of aromatic nitrogens is 3. The fraction of sp³-hybridized carbons (Fsp3) is 0.160. The van der Waals surface area contributed by atoms with Gasteiger partial charge in [-0.2, -0.15) is 5.10 Å². The Balaban J connectivity index is 1.46. The molecule has 162 valence electrons. The number of amides is 1. The van der Waals surface area contributed by atoms with E-state index in [9.17, 15) is 4.79 Å². The molecule has 0 saturated carbocycles. The van der Waals surface area contributed by atoms with Gasteiger partial charge in [-0.25, -0.2) is 0 Å². The molecule has 1 amide bonds. The summed E-state index contributed by atoms with van der Waals surface area (Å²) in [5, 5.41) is 10.0. The quantitative estimate of drug-likeness (QED) is 0.430. The summed E-state index contributed by atoms with van der Waals surface area (Å²) in [7, 11) is 1.60. The van der Waals surface area contributed by atoms with E-state index in [1.807, 2.05) is 67.6 Å². The number of H-pyrrole nitrogens is 1. The molecule has 2 aromatic carbocycles. The molecule has 7 nitrogen and oxygen atoms in total. The lowest BCUT2D eigenvalue weighted by molar-refractivity contribution is 0.0940. The molecule has 0 aliphatic heterocycles. The summed E-state index contributed by atoms with van der Waals surface area (Å²) >= 11 is 0. The predicted molar refractivity (Wildman–Crippen MR) is 121 cm³/mol. The first kappa shape index (κ1) is 21.1. The second kappa shape index (κ2) is 9.78. The van der Waals surface area contributed by atoms with E-state index in [1.54, 1.807) is 25.7 Å². The van der Waals surface area contributed by atoms with Crippen LogP contribution in [0, 0.1) is 0 Å². The molecule has 0 aliphatic carbocycles. The molecule has 7 heteroatoms. The van der Waals surface area contributed by atoms with Crippen molar-refractivity contribution in [2.75, 3.05) is 7.11 Å². The summed E-state index contributed by atoms with van der Waals surface area (Å²) in [6.45, 7) is 2.33. The molecule has 2 aromatic heterocycles. The van der Waals surface area contributed by atoms with Crippen molar-refractivity contribution < 1.29 is 14.3 Å². The number of ether oxygens (including phenoxy) is 2. The number of nitrogens with one attached hydrogen (secondary N) is 2. The number of benzene rings is 2. The van der Waals surface area contributed by atoms with Gasteiger partial charge in [0.05, 0.1) is 30.6 Å². The van der Waals surface area contributed by atoms with Gasteiger partial charge in [-0.1, -0.05) is 36.4 Å². The van der Waals surface area contributed by atoms with Crippen molar-refractivity contribution in [2.24, 2.45) is 0 Å². The van der Waals surface area contributed by atoms with Crippen molar-refractivity contribution >= 4 is 5.91 Å². The molecule has 32 heavy (non-hydrogen) atoms. The number of rotatable bonds is 8. The number of carbonyl (C=O) groups excluding carboxylic acids is 1. The molecular formula is C25H24N4O3. The molecule has 4 aromatic rings. The number of aromatic amines is 1. The maximum Gasteiger partial charge on any atom is 0.255 e. The minimum absolute atomic E-state index is 0.206. The molecular weight excluding hydrogens is 404 g/mol. The van der Waals surface area contributed by atoms with Crippen molar-refractivity contribution in [3.8, 4) is 22.8 Å². The highest BCUT2D eigenvalue weighted by Gasteiger charge is 2.19. The average molecular weight is 428 g/mol. The number of hydrogen-bond donors (Lipinski definition) is 2. The van der Waals surface area contributed by atoms with Crippen molar-refractivity contribution in [3.63, 3.8) is 0 Å². The van der Waals surface area contributed by atoms with Crippen molar-refractivity contribution in [1.82, 2.24) is 20.5 Å². The van der Waals surface area contributed by atoms with Crippen molar-refractivity contribution in [1.29, 1.82) is 0 Å². The Morgan fingerprint density at radius 1 is 1.06 bits per heavy atom. The van der Waals surface area contributed by atoms with Crippen molar-refractivity contribution in [2.45, 2.75) is 19.6 Å². The number of methoxy groups -OCH3 is 1. The van der Waals surface area contributed by atoms with Gasteiger partial charge >= 0.3 is 0 Å². The Hall–Kier alpha value is -4.13. The van der Waals surface area contributed by atoms with Crippen LogP contribution in [0.4, 0.5) is 0 Å². The van der Waals surface area contributed by atoms with E-state index in [4.69, 9.17) is 9.47 Å². The third-order valence-corrected chi connectivity index (χ3v) is 5.13. The Labute approximate surface area is 186 Å². The van der Waals surface area contributed by atoms with E-state index in [2.05, 4.69) is 20.5 Å². The molecule has 0 aliphatic rings. The summed E-state index contributed by atoms with van der Waals surface area (Å²) < 4.78 is 11.4. The molecule has 1 unspecified atom stereocenters. The number of hydrogen-bond acceptors (Lipinski definition) is 5. The zero-order valence-corrected chi connectivity index (χ0v) is 17.9. The van der Waals surface area contributed by atoms with Crippen LogP contribution in [0.15, 0.2) is 79.3 Å². The fourth-order valence-corrected chi connectivity index (χ4v) is 3.35. The van der Waals surface area contributed by atoms with E-state index >= 15 is 0 Å². The highest BCUT2D eigenvalue weighted by molar-refractivity contribution is 5.99. The number of carbonyl (C=O) groups is 1. The topological polar surface area (TPSA) is 89.1 Å². The molecule has 2 heterocycles. The molecule has 0 bridgehead atoms. The Bertz CT molecular complexity index is 1180. The van der Waals surface area contributed by atoms with E-state index in [1.165, 1.54) is 0 Å². The standard InChI is InChI=1S/C25H24N4O3/c1-17(28-25(30)21-15-27-29-24(21)19-6-4-3-5-7-19)20-8-9-22(23(14-20)31-2)32-16-18-10-12-26-13-11-18/h3-15,17H,16H2,1-2H3,(H,27,29)(H,28,30). The maximum atomic E-state index is 12.9. The first-order chi connectivity index (χ1) is 15.7. The third kappa shape index (κ3) is 4.78. The number of nitrogens with zero attached hydrogens (tertiary/aromatic N) is 2. The monoisotopic (exact) mass is 428 g/mol. The highest BCUT2D eigenvalue weighted by atomic mass is 16.5. The van der Waals surface area contributed by atoms with Gasteiger partial charge in [-0.15, -0.1) is 0 Å². The largest absolute Gasteiger partial charge is 0.493 e. The zero-order valence-electron chi connectivity index (χ0n) is 17.9. The minimum atomic E-state index is -0.246. The molecule has 0 radical (unpaired) electrons. The Morgan fingerprint density at radius 2 is 1.84 bits per heavy atom. The fourth-order valence-electron chi connectivity index (χ4n) is 3.35. The number of pyridine rings is 1. The van der Waals surface area contributed by atoms with E-state index in [0.29, 0.717) is 29.4 Å². The molecule has 0 spiro atoms. The third-order valence-electron chi connectivity index (χ3n) is 5.13. The van der Waals surface area contributed by atoms with Gasteiger partial charge < -0.3 is 14.8 Å². The SMILES string of the molecule is COc1cc(C(C)NC(=O)c2cn[nH]c2-c2ccccc2)ccc1OCc1ccncc1. The van der Waals surface area contributed by atoms with Crippen LogP contribution in [0.3, 0.4) is 0 Å². The van der Waals surface area contributed by atoms with E-state index in [-0.39, 0.29) is 11.9 Å². The van der Waals surface area contributed by atoms with Crippen LogP contribution in [0.25, 0.3) is 11.3 Å². The molecule has 2 N–H and O–H groups in total. The van der Waals surface area contributed by atoms with Crippen LogP contribution in [-0.4, -0.2) is 28.2 Å². The molecule has 1 atom stereocenters. The van der Waals surface area contributed by atoms with Gasteiger partial charge in [0.2, 0.25) is 0 Å². The lowest BCUT2D eigenvalue weighted by Crippen LogP contribution is -2.26. The van der Waals surface area contributed by atoms with Crippen molar-refractivity contribution in [3.05, 3.63) is 95.9 Å². The summed E-state index contributed by atoms with van der Waals surface area (Å²) in [5.74, 6) is 1.03. The van der Waals surface area contributed by atoms with Crippen LogP contribution in [0.1, 0.15) is 34.5 Å². The normalized spacial score (nSPS) is 11.6. The minimum Gasteiger partial charge on any atom is -0.493 e. The van der Waals surface area contributed by atoms with Crippen LogP contribution in [0.5, 0.6) is 11.5 Å². The summed E-state index contributed by atoms with van der Waals surface area (Å²) in [6.07, 6.45) is 5.00. The van der Waals surface area contributed by atoms with Crippen LogP contribution >= 0.6 is 0 Å². The van der Waals surface area contributed by atoms with E-state index < -0.39 is 0 Å². The summed E-state index contributed by atoms with van der Waals surface area (Å²) in [5.41, 5.74) is 4.00. The zero-order chi connectivity index (χ0) is 22.3. The van der Waals surface area contributed by atoms with Gasteiger partial charge in [0.1, 0.15) is 6.61 Å². The average Bonchev–Trinajstić information content (AvgIpc) is 3.34. The van der Waals surface area contributed by atoms with E-state index in [0.717, 1.165) is 16.7 Å². The van der Waals surface area contributed by atoms with Crippen LogP contribution in [-0.2, 0) is 6.61 Å². The molecule has 4 rings (SSSR count). The van der Waals surface area contributed by atoms with Gasteiger partial charge in [0, 0.05) is 18.0 Å². The maximum absolute atomic E-state index is 12.9. The second-order valence-corrected chi connectivity index (χ2v) is 7.27. The lowest BCUT2D eigenvalue weighted by atomic mass is 10.1. The first-order valence-corrected chi connectivity index (χ1v) is 10.2.